The third-order valence-corrected chi connectivity index (χ3v) is 6.12. The minimum atomic E-state index is -0.339. The van der Waals surface area contributed by atoms with Crippen molar-refractivity contribution in [1.29, 1.82) is 0 Å². The Hall–Kier alpha value is -1.32. The molecule has 0 aromatic carbocycles. The Kier molecular flexibility index (Phi) is 5.96. The monoisotopic (exact) mass is 333 g/mol. The first-order chi connectivity index (χ1) is 11.7. The van der Waals surface area contributed by atoms with Crippen LogP contribution in [-0.2, 0) is 14.3 Å². The van der Waals surface area contributed by atoms with Crippen molar-refractivity contribution < 1.29 is 14.3 Å². The van der Waals surface area contributed by atoms with E-state index >= 15 is 0 Å². The van der Waals surface area contributed by atoms with Gasteiger partial charge < -0.3 is 9.64 Å². The van der Waals surface area contributed by atoms with E-state index in [4.69, 9.17) is 4.74 Å². The molecule has 0 unspecified atom stereocenters. The predicted molar refractivity (Wildman–Crippen MR) is 93.3 cm³/mol. The number of allylic oxidation sites excluding steroid dienone is 2. The zero-order valence-corrected chi connectivity index (χ0v) is 14.9. The molecular weight excluding hydrogens is 302 g/mol. The second-order valence-corrected chi connectivity index (χ2v) is 7.83. The Morgan fingerprint density at radius 2 is 1.79 bits per heavy atom. The number of esters is 1. The molecule has 4 heteroatoms. The van der Waals surface area contributed by atoms with Crippen LogP contribution in [0.2, 0.25) is 0 Å². The molecule has 134 valence electrons. The van der Waals surface area contributed by atoms with Crippen LogP contribution < -0.4 is 0 Å². The molecule has 4 nitrogen and oxygen atoms in total. The van der Waals surface area contributed by atoms with Gasteiger partial charge in [-0.25, -0.2) is 4.79 Å². The van der Waals surface area contributed by atoms with Crippen molar-refractivity contribution >= 4 is 11.9 Å². The fourth-order valence-electron chi connectivity index (χ4n) is 4.38. The van der Waals surface area contributed by atoms with E-state index in [-0.39, 0.29) is 23.8 Å². The maximum Gasteiger partial charge on any atom is 0.328 e. The minimum Gasteiger partial charge on any atom is -0.464 e. The van der Waals surface area contributed by atoms with Gasteiger partial charge in [-0.3, -0.25) is 4.79 Å². The molecule has 2 aliphatic carbocycles. The molecule has 2 fully saturated rings. The van der Waals surface area contributed by atoms with Crippen molar-refractivity contribution in [1.82, 2.24) is 4.90 Å². The van der Waals surface area contributed by atoms with E-state index < -0.39 is 0 Å². The van der Waals surface area contributed by atoms with Gasteiger partial charge in [0, 0.05) is 12.5 Å². The summed E-state index contributed by atoms with van der Waals surface area (Å²) < 4.78 is 5.64. The van der Waals surface area contributed by atoms with Crippen LogP contribution >= 0.6 is 0 Å². The lowest BCUT2D eigenvalue weighted by molar-refractivity contribution is -0.156. The topological polar surface area (TPSA) is 46.6 Å². The fraction of sp³-hybridized carbons (Fsp3) is 0.800. The first kappa shape index (κ1) is 17.5. The van der Waals surface area contributed by atoms with Gasteiger partial charge in [-0.1, -0.05) is 38.3 Å². The summed E-state index contributed by atoms with van der Waals surface area (Å²) >= 11 is 0. The Bertz CT molecular complexity index is 481. The summed E-state index contributed by atoms with van der Waals surface area (Å²) in [7, 11) is 0. The molecule has 1 aliphatic heterocycles. The van der Waals surface area contributed by atoms with Gasteiger partial charge in [0.25, 0.3) is 0 Å². The molecule has 1 amide bonds. The zero-order chi connectivity index (χ0) is 16.9. The van der Waals surface area contributed by atoms with Gasteiger partial charge in [-0.05, 0) is 50.4 Å². The van der Waals surface area contributed by atoms with Gasteiger partial charge in [0.2, 0.25) is 5.91 Å². The van der Waals surface area contributed by atoms with E-state index in [1.165, 1.54) is 6.42 Å². The number of carbonyl (C=O) groups excluding carboxylic acids is 2. The van der Waals surface area contributed by atoms with Gasteiger partial charge in [-0.2, -0.15) is 0 Å². The van der Waals surface area contributed by atoms with Gasteiger partial charge >= 0.3 is 5.97 Å². The summed E-state index contributed by atoms with van der Waals surface area (Å²) in [4.78, 5) is 27.2. The molecule has 0 spiro atoms. The molecule has 1 saturated heterocycles. The summed E-state index contributed by atoms with van der Waals surface area (Å²) in [6, 6.07) is -0.339. The minimum absolute atomic E-state index is 0.135. The number of rotatable bonds is 4. The summed E-state index contributed by atoms with van der Waals surface area (Å²) in [5, 5.41) is 0. The normalized spacial score (nSPS) is 31.2. The van der Waals surface area contributed by atoms with Gasteiger partial charge in [0.15, 0.2) is 0 Å². The molecule has 0 aromatic heterocycles. The highest BCUT2D eigenvalue weighted by atomic mass is 16.5. The maximum atomic E-state index is 12.8. The highest BCUT2D eigenvalue weighted by molar-refractivity contribution is 5.86. The van der Waals surface area contributed by atoms with Crippen molar-refractivity contribution in [3.8, 4) is 0 Å². The van der Waals surface area contributed by atoms with Gasteiger partial charge in [0.05, 0.1) is 6.61 Å². The zero-order valence-electron chi connectivity index (χ0n) is 14.9. The molecule has 0 N–H and O–H groups in total. The Balaban J connectivity index is 1.53. The smallest absolute Gasteiger partial charge is 0.328 e. The summed E-state index contributed by atoms with van der Waals surface area (Å²) in [5.74, 6) is 1.13. The van der Waals surface area contributed by atoms with Crippen LogP contribution in [0.1, 0.15) is 64.7 Å². The molecule has 24 heavy (non-hydrogen) atoms. The Labute approximate surface area is 145 Å². The van der Waals surface area contributed by atoms with E-state index in [1.54, 1.807) is 0 Å². The number of amides is 1. The molecule has 0 aromatic rings. The molecular formula is C20H31NO3. The van der Waals surface area contributed by atoms with Crippen LogP contribution in [-0.4, -0.2) is 36.0 Å². The van der Waals surface area contributed by atoms with Crippen LogP contribution in [0.4, 0.5) is 0 Å². The first-order valence-electron chi connectivity index (χ1n) is 9.79. The molecule has 3 atom stereocenters. The quantitative estimate of drug-likeness (QED) is 0.582. The Morgan fingerprint density at radius 1 is 1.04 bits per heavy atom. The van der Waals surface area contributed by atoms with Crippen molar-refractivity contribution in [3.63, 3.8) is 0 Å². The van der Waals surface area contributed by atoms with E-state index in [0.29, 0.717) is 18.4 Å². The summed E-state index contributed by atoms with van der Waals surface area (Å²) in [5.41, 5.74) is 0. The number of carbonyl (C=O) groups is 2. The highest BCUT2D eigenvalue weighted by Gasteiger charge is 2.38. The van der Waals surface area contributed by atoms with E-state index in [0.717, 1.165) is 57.9 Å². The predicted octanol–water partition coefficient (Wildman–Crippen LogP) is 3.70. The van der Waals surface area contributed by atoms with Crippen molar-refractivity contribution in [3.05, 3.63) is 12.2 Å². The number of likely N-dealkylation sites (tertiary alicyclic amines) is 1. The summed E-state index contributed by atoms with van der Waals surface area (Å²) in [6.45, 7) is 3.43. The fourth-order valence-corrected chi connectivity index (χ4v) is 4.38. The lowest BCUT2D eigenvalue weighted by atomic mass is 9.85. The lowest BCUT2D eigenvalue weighted by Gasteiger charge is -2.30. The number of hydrogen-bond acceptors (Lipinski definition) is 3. The molecule has 0 bridgehead atoms. The molecule has 1 heterocycles. The van der Waals surface area contributed by atoms with Gasteiger partial charge in [-0.15, -0.1) is 0 Å². The molecule has 3 rings (SSSR count). The molecule has 3 aliphatic rings. The van der Waals surface area contributed by atoms with E-state index in [1.807, 2.05) is 4.90 Å². The average molecular weight is 333 g/mol. The highest BCUT2D eigenvalue weighted by Crippen LogP contribution is 2.30. The summed E-state index contributed by atoms with van der Waals surface area (Å²) in [6.07, 6.45) is 13.6. The SMILES string of the molecule is C[C@@H]1CC=CC[C@H]1COC(=O)[C@H]1CCCN1C(=O)C1CCCCC1. The van der Waals surface area contributed by atoms with Crippen LogP contribution in [0, 0.1) is 17.8 Å². The van der Waals surface area contributed by atoms with Crippen molar-refractivity contribution in [2.45, 2.75) is 70.8 Å². The van der Waals surface area contributed by atoms with Crippen molar-refractivity contribution in [2.24, 2.45) is 17.8 Å². The Morgan fingerprint density at radius 3 is 2.54 bits per heavy atom. The lowest BCUT2D eigenvalue weighted by Crippen LogP contribution is -2.45. The first-order valence-corrected chi connectivity index (χ1v) is 9.79. The maximum absolute atomic E-state index is 12.8. The van der Waals surface area contributed by atoms with Crippen LogP contribution in [0.5, 0.6) is 0 Å². The molecule has 0 radical (unpaired) electrons. The van der Waals surface area contributed by atoms with E-state index in [9.17, 15) is 9.59 Å². The number of ether oxygens (including phenoxy) is 1. The van der Waals surface area contributed by atoms with E-state index in [2.05, 4.69) is 19.1 Å². The second-order valence-electron chi connectivity index (χ2n) is 7.83. The largest absolute Gasteiger partial charge is 0.464 e. The van der Waals surface area contributed by atoms with Crippen LogP contribution in [0.25, 0.3) is 0 Å². The van der Waals surface area contributed by atoms with Crippen molar-refractivity contribution in [2.75, 3.05) is 13.2 Å². The second kappa shape index (κ2) is 8.17. The van der Waals surface area contributed by atoms with Crippen LogP contribution in [0.15, 0.2) is 12.2 Å². The number of hydrogen-bond donors (Lipinski definition) is 0. The average Bonchev–Trinajstić information content (AvgIpc) is 3.10. The van der Waals surface area contributed by atoms with Crippen LogP contribution in [0.3, 0.4) is 0 Å². The number of nitrogens with zero attached hydrogens (tertiary/aromatic N) is 1. The third-order valence-electron chi connectivity index (χ3n) is 6.12. The third kappa shape index (κ3) is 4.01. The molecule has 1 saturated carbocycles. The standard InChI is InChI=1S/C20H31NO3/c1-15-8-5-6-11-17(15)14-24-20(23)18-12-7-13-21(18)19(22)16-9-3-2-4-10-16/h5-6,15-18H,2-4,7-14H2,1H3/t15-,17+,18-/m1/s1. The van der Waals surface area contributed by atoms with Gasteiger partial charge in [0.1, 0.15) is 6.04 Å².